The first kappa shape index (κ1) is 38.7. The maximum Gasteiger partial charge on any atom is 0.207 e. The van der Waals surface area contributed by atoms with Gasteiger partial charge in [-0.15, -0.1) is 0 Å². The Kier molecular flexibility index (Phi) is 11.0. The maximum absolute atomic E-state index is 14.9. The van der Waals surface area contributed by atoms with Crippen LogP contribution in [0.3, 0.4) is 0 Å². The minimum absolute atomic E-state index is 0.418. The minimum Gasteiger partial charge on any atom is -0.218 e. The van der Waals surface area contributed by atoms with E-state index in [1.807, 2.05) is 18.2 Å². The molecule has 1 aliphatic heterocycles. The molecular formula is C54H48O2SSi2. The Balaban J connectivity index is 1.42. The van der Waals surface area contributed by atoms with Gasteiger partial charge in [-0.05, 0) is 48.4 Å². The quantitative estimate of drug-likeness (QED) is 0.102. The van der Waals surface area contributed by atoms with Crippen LogP contribution in [0.1, 0.15) is 33.4 Å². The van der Waals surface area contributed by atoms with Crippen LogP contribution in [-0.4, -0.2) is 24.6 Å². The highest BCUT2D eigenvalue weighted by atomic mass is 32.2. The van der Waals surface area contributed by atoms with Crippen LogP contribution in [0.15, 0.2) is 228 Å². The molecule has 1 aliphatic rings. The smallest absolute Gasteiger partial charge is 0.207 e. The molecule has 0 bridgehead atoms. The van der Waals surface area contributed by atoms with E-state index in [0.29, 0.717) is 9.79 Å². The molecule has 9 rings (SSSR count). The van der Waals surface area contributed by atoms with E-state index in [9.17, 15) is 8.42 Å². The molecule has 0 N–H and O–H groups in total. The van der Waals surface area contributed by atoms with Crippen molar-refractivity contribution in [3.63, 3.8) is 0 Å². The predicted octanol–water partition coefficient (Wildman–Crippen LogP) is 10.5. The van der Waals surface area contributed by atoms with Crippen molar-refractivity contribution in [2.45, 2.75) is 46.1 Å². The van der Waals surface area contributed by atoms with Gasteiger partial charge in [-0.25, -0.2) is 8.42 Å². The van der Waals surface area contributed by atoms with Gasteiger partial charge in [0.05, 0.1) is 25.9 Å². The summed E-state index contributed by atoms with van der Waals surface area (Å²) in [7, 11) is -9.38. The first-order valence-electron chi connectivity index (χ1n) is 20.7. The maximum atomic E-state index is 14.9. The lowest BCUT2D eigenvalue weighted by Crippen LogP contribution is -2.69. The minimum atomic E-state index is -3.77. The van der Waals surface area contributed by atoms with E-state index in [1.54, 1.807) is 6.07 Å². The SMILES string of the molecule is O=S1(=O)c2ccccc2-c2cc([Si](Cc3ccccc3)(Cc3ccccc3)Cc3ccccc3)c([Si](Cc3ccccc3)(Cc3ccccc3)Cc3ccccc3)cc21. The zero-order valence-corrected chi connectivity index (χ0v) is 36.1. The summed E-state index contributed by atoms with van der Waals surface area (Å²) >= 11 is 0. The van der Waals surface area contributed by atoms with Crippen molar-refractivity contribution < 1.29 is 8.42 Å². The van der Waals surface area contributed by atoms with Gasteiger partial charge in [-0.1, -0.05) is 250 Å². The van der Waals surface area contributed by atoms with Crippen LogP contribution >= 0.6 is 0 Å². The van der Waals surface area contributed by atoms with Crippen LogP contribution in [0.5, 0.6) is 0 Å². The van der Waals surface area contributed by atoms with E-state index < -0.39 is 26.0 Å². The number of sulfone groups is 1. The monoisotopic (exact) mass is 816 g/mol. The van der Waals surface area contributed by atoms with Gasteiger partial charge in [-0.2, -0.15) is 0 Å². The fraction of sp³-hybridized carbons (Fsp3) is 0.111. The summed E-state index contributed by atoms with van der Waals surface area (Å²) in [6, 6.07) is 83.8. The second-order valence-electron chi connectivity index (χ2n) is 16.4. The molecule has 0 amide bonds. The second kappa shape index (κ2) is 16.8. The molecule has 59 heavy (non-hydrogen) atoms. The molecule has 8 aromatic rings. The molecule has 0 aliphatic carbocycles. The van der Waals surface area contributed by atoms with E-state index in [-0.39, 0.29) is 0 Å². The van der Waals surface area contributed by atoms with Crippen molar-refractivity contribution >= 4 is 36.4 Å². The van der Waals surface area contributed by atoms with Crippen LogP contribution in [0.4, 0.5) is 0 Å². The highest BCUT2D eigenvalue weighted by molar-refractivity contribution is 7.92. The van der Waals surface area contributed by atoms with Gasteiger partial charge >= 0.3 is 0 Å². The van der Waals surface area contributed by atoms with Gasteiger partial charge in [0.15, 0.2) is 0 Å². The predicted molar refractivity (Wildman–Crippen MR) is 249 cm³/mol. The van der Waals surface area contributed by atoms with Crippen molar-refractivity contribution in [2.24, 2.45) is 0 Å². The summed E-state index contributed by atoms with van der Waals surface area (Å²) in [5.74, 6) is 0. The van der Waals surface area contributed by atoms with E-state index in [2.05, 4.69) is 194 Å². The third-order valence-electron chi connectivity index (χ3n) is 12.3. The first-order chi connectivity index (χ1) is 28.9. The highest BCUT2D eigenvalue weighted by Gasteiger charge is 2.47. The van der Waals surface area contributed by atoms with E-state index in [0.717, 1.165) is 47.4 Å². The van der Waals surface area contributed by atoms with Crippen molar-refractivity contribution in [1.29, 1.82) is 0 Å². The number of rotatable bonds is 14. The molecule has 0 radical (unpaired) electrons. The first-order valence-corrected chi connectivity index (χ1v) is 27.4. The van der Waals surface area contributed by atoms with Gasteiger partial charge < -0.3 is 0 Å². The zero-order chi connectivity index (χ0) is 40.1. The Hall–Kier alpha value is -5.86. The third-order valence-corrected chi connectivity index (χ3v) is 24.1. The summed E-state index contributed by atoms with van der Waals surface area (Å²) in [6.07, 6.45) is 0. The molecule has 290 valence electrons. The number of hydrogen-bond donors (Lipinski definition) is 0. The summed E-state index contributed by atoms with van der Waals surface area (Å²) < 4.78 is 29.8. The van der Waals surface area contributed by atoms with E-state index in [1.165, 1.54) is 43.8 Å². The van der Waals surface area contributed by atoms with Crippen molar-refractivity contribution in [2.75, 3.05) is 0 Å². The van der Waals surface area contributed by atoms with Gasteiger partial charge in [0.25, 0.3) is 0 Å². The Labute approximate surface area is 351 Å². The second-order valence-corrected chi connectivity index (χ2v) is 26.6. The van der Waals surface area contributed by atoms with E-state index in [4.69, 9.17) is 0 Å². The standard InChI is InChI=1S/C54H48O2SSi2/c55-57(56)51-34-20-19-33-49(51)50-35-53(58(37-43-21-7-1-8-22-43,38-44-23-9-2-10-24-44)39-45-25-11-3-12-26-45)54(36-52(50)57)59(40-46-27-13-4-14-28-46,41-47-29-15-5-16-30-47)42-48-31-17-6-18-32-48/h1-36H,37-42H2. The summed E-state index contributed by atoms with van der Waals surface area (Å²) in [5, 5.41) is 2.72. The fourth-order valence-electron chi connectivity index (χ4n) is 9.80. The number of benzene rings is 8. The Morgan fingerprint density at radius 2 is 0.559 bits per heavy atom. The molecule has 0 fully saturated rings. The van der Waals surface area contributed by atoms with Crippen LogP contribution in [-0.2, 0) is 46.1 Å². The van der Waals surface area contributed by atoms with E-state index >= 15 is 0 Å². The molecule has 0 saturated heterocycles. The van der Waals surface area contributed by atoms with Crippen molar-refractivity contribution in [1.82, 2.24) is 0 Å². The summed E-state index contributed by atoms with van der Waals surface area (Å²) in [6.45, 7) is 0. The molecule has 0 atom stereocenters. The lowest BCUT2D eigenvalue weighted by atomic mass is 10.1. The van der Waals surface area contributed by atoms with Crippen LogP contribution in [0.2, 0.25) is 0 Å². The van der Waals surface area contributed by atoms with Crippen molar-refractivity contribution in [3.8, 4) is 11.1 Å². The molecular weight excluding hydrogens is 769 g/mol. The lowest BCUT2D eigenvalue weighted by molar-refractivity contribution is 0.599. The topological polar surface area (TPSA) is 34.1 Å². The molecule has 0 spiro atoms. The Morgan fingerprint density at radius 1 is 0.288 bits per heavy atom. The Bertz CT molecular complexity index is 2560. The van der Waals surface area contributed by atoms with Crippen LogP contribution < -0.4 is 10.4 Å². The Morgan fingerprint density at radius 3 is 0.881 bits per heavy atom. The van der Waals surface area contributed by atoms with Gasteiger partial charge in [0, 0.05) is 11.1 Å². The normalized spacial score (nSPS) is 13.1. The highest BCUT2D eigenvalue weighted by Crippen LogP contribution is 2.43. The van der Waals surface area contributed by atoms with Gasteiger partial charge in [0.1, 0.15) is 0 Å². The molecule has 0 saturated carbocycles. The molecule has 0 unspecified atom stereocenters. The van der Waals surface area contributed by atoms with Crippen LogP contribution in [0, 0.1) is 0 Å². The molecule has 2 nitrogen and oxygen atoms in total. The number of fused-ring (bicyclic) bond motifs is 3. The van der Waals surface area contributed by atoms with Gasteiger partial charge in [-0.3, -0.25) is 0 Å². The average molecular weight is 817 g/mol. The third kappa shape index (κ3) is 8.11. The molecule has 5 heteroatoms. The zero-order valence-electron chi connectivity index (χ0n) is 33.3. The number of hydrogen-bond acceptors (Lipinski definition) is 2. The molecule has 1 heterocycles. The molecule has 8 aromatic carbocycles. The average Bonchev–Trinajstić information content (AvgIpc) is 3.50. The van der Waals surface area contributed by atoms with Gasteiger partial charge in [0.2, 0.25) is 9.84 Å². The van der Waals surface area contributed by atoms with Crippen molar-refractivity contribution in [3.05, 3.63) is 252 Å². The fourth-order valence-corrected chi connectivity index (χ4v) is 23.4. The lowest BCUT2D eigenvalue weighted by Gasteiger charge is -2.42. The summed E-state index contributed by atoms with van der Waals surface area (Å²) in [5.41, 5.74) is 9.54. The molecule has 0 aromatic heterocycles. The van der Waals surface area contributed by atoms with Crippen LogP contribution in [0.25, 0.3) is 11.1 Å². The largest absolute Gasteiger partial charge is 0.218 e. The summed E-state index contributed by atoms with van der Waals surface area (Å²) in [4.78, 5) is 0.881.